The van der Waals surface area contributed by atoms with Crippen molar-refractivity contribution >= 4 is 27.7 Å². The Morgan fingerprint density at radius 3 is 2.80 bits per heavy atom. The molecule has 0 aliphatic heterocycles. The van der Waals surface area contributed by atoms with Crippen molar-refractivity contribution in [1.82, 2.24) is 9.97 Å². The van der Waals surface area contributed by atoms with E-state index in [0.29, 0.717) is 11.9 Å². The lowest BCUT2D eigenvalue weighted by atomic mass is 10.1. The molecule has 1 heterocycles. The van der Waals surface area contributed by atoms with Gasteiger partial charge in [-0.2, -0.15) is 4.98 Å². The lowest BCUT2D eigenvalue weighted by molar-refractivity contribution is 0.583. The van der Waals surface area contributed by atoms with Gasteiger partial charge in [0, 0.05) is 19.8 Å². The van der Waals surface area contributed by atoms with Gasteiger partial charge in [0.1, 0.15) is 5.82 Å². The van der Waals surface area contributed by atoms with Gasteiger partial charge in [0.2, 0.25) is 5.95 Å². The Kier molecular flexibility index (Phi) is 4.32. The zero-order valence-corrected chi connectivity index (χ0v) is 11.0. The smallest absolute Gasteiger partial charge is 0.222 e. The predicted molar refractivity (Wildman–Crippen MR) is 66.9 cm³/mol. The first-order chi connectivity index (χ1) is 7.00. The minimum Gasteiger partial charge on any atom is -0.368 e. The van der Waals surface area contributed by atoms with Crippen LogP contribution in [0.1, 0.15) is 20.3 Å². The van der Waals surface area contributed by atoms with Crippen LogP contribution in [0, 0.1) is 5.92 Å². The molecule has 1 aromatic rings. The summed E-state index contributed by atoms with van der Waals surface area (Å²) in [6.45, 7) is 5.38. The van der Waals surface area contributed by atoms with E-state index < -0.39 is 0 Å². The van der Waals surface area contributed by atoms with Crippen molar-refractivity contribution < 1.29 is 0 Å². The van der Waals surface area contributed by atoms with Gasteiger partial charge >= 0.3 is 0 Å². The van der Waals surface area contributed by atoms with E-state index in [1.807, 2.05) is 7.05 Å². The largest absolute Gasteiger partial charge is 0.368 e. The maximum Gasteiger partial charge on any atom is 0.222 e. The van der Waals surface area contributed by atoms with Crippen molar-refractivity contribution in [3.8, 4) is 0 Å². The monoisotopic (exact) mass is 272 g/mol. The number of nitrogens with zero attached hydrogens (tertiary/aromatic N) is 3. The standard InChI is InChI=1S/C10H17BrN4/c1-7(2)4-5-15(3)9-8(11)6-13-10(12)14-9/h6-7H,4-5H2,1-3H3,(H2,12,13,14). The van der Waals surface area contributed by atoms with Crippen LogP contribution in [0.25, 0.3) is 0 Å². The molecule has 5 heteroatoms. The van der Waals surface area contributed by atoms with Gasteiger partial charge in [-0.3, -0.25) is 0 Å². The summed E-state index contributed by atoms with van der Waals surface area (Å²) in [7, 11) is 2.01. The summed E-state index contributed by atoms with van der Waals surface area (Å²) in [6, 6.07) is 0. The Hall–Kier alpha value is -0.840. The van der Waals surface area contributed by atoms with E-state index in [1.165, 1.54) is 0 Å². The van der Waals surface area contributed by atoms with Crippen LogP contribution in [0.15, 0.2) is 10.7 Å². The second-order valence-corrected chi connectivity index (χ2v) is 4.86. The van der Waals surface area contributed by atoms with Crippen LogP contribution in [-0.2, 0) is 0 Å². The van der Waals surface area contributed by atoms with E-state index in [4.69, 9.17) is 5.73 Å². The zero-order chi connectivity index (χ0) is 11.4. The molecule has 0 radical (unpaired) electrons. The minimum atomic E-state index is 0.310. The third-order valence-corrected chi connectivity index (χ3v) is 2.71. The third-order valence-electron chi connectivity index (χ3n) is 2.15. The fraction of sp³-hybridized carbons (Fsp3) is 0.600. The van der Waals surface area contributed by atoms with Gasteiger partial charge in [-0.05, 0) is 28.3 Å². The van der Waals surface area contributed by atoms with Gasteiger partial charge < -0.3 is 10.6 Å². The molecule has 0 unspecified atom stereocenters. The lowest BCUT2D eigenvalue weighted by Crippen LogP contribution is -2.22. The second-order valence-electron chi connectivity index (χ2n) is 4.00. The fourth-order valence-corrected chi connectivity index (χ4v) is 1.69. The van der Waals surface area contributed by atoms with Crippen molar-refractivity contribution in [3.63, 3.8) is 0 Å². The maximum absolute atomic E-state index is 5.55. The maximum atomic E-state index is 5.55. The Morgan fingerprint density at radius 2 is 2.20 bits per heavy atom. The van der Waals surface area contributed by atoms with Gasteiger partial charge in [-0.1, -0.05) is 13.8 Å². The number of hydrogen-bond acceptors (Lipinski definition) is 4. The van der Waals surface area contributed by atoms with Crippen LogP contribution in [0.2, 0.25) is 0 Å². The normalized spacial score (nSPS) is 10.7. The second kappa shape index (κ2) is 5.30. The Balaban J connectivity index is 2.72. The van der Waals surface area contributed by atoms with Crippen LogP contribution in [-0.4, -0.2) is 23.6 Å². The van der Waals surface area contributed by atoms with Gasteiger partial charge in [0.05, 0.1) is 4.47 Å². The van der Waals surface area contributed by atoms with Crippen molar-refractivity contribution in [3.05, 3.63) is 10.7 Å². The van der Waals surface area contributed by atoms with E-state index in [2.05, 4.69) is 44.6 Å². The van der Waals surface area contributed by atoms with Gasteiger partial charge in [0.25, 0.3) is 0 Å². The molecular formula is C10H17BrN4. The first kappa shape index (κ1) is 12.2. The SMILES string of the molecule is CC(C)CCN(C)c1nc(N)ncc1Br. The van der Waals surface area contributed by atoms with E-state index in [9.17, 15) is 0 Å². The Labute approximate surface area is 99.0 Å². The molecule has 4 nitrogen and oxygen atoms in total. The van der Waals surface area contributed by atoms with Crippen molar-refractivity contribution in [1.29, 1.82) is 0 Å². The van der Waals surface area contributed by atoms with Crippen LogP contribution in [0.3, 0.4) is 0 Å². The lowest BCUT2D eigenvalue weighted by Gasteiger charge is -2.20. The highest BCUT2D eigenvalue weighted by Gasteiger charge is 2.09. The summed E-state index contributed by atoms with van der Waals surface area (Å²) < 4.78 is 0.878. The molecule has 0 fully saturated rings. The van der Waals surface area contributed by atoms with Crippen LogP contribution < -0.4 is 10.6 Å². The highest BCUT2D eigenvalue weighted by atomic mass is 79.9. The number of halogens is 1. The summed E-state index contributed by atoms with van der Waals surface area (Å²) in [6.07, 6.45) is 2.82. The molecule has 2 N–H and O–H groups in total. The fourth-order valence-electron chi connectivity index (χ4n) is 1.20. The number of anilines is 2. The highest BCUT2D eigenvalue weighted by Crippen LogP contribution is 2.22. The van der Waals surface area contributed by atoms with Crippen LogP contribution in [0.4, 0.5) is 11.8 Å². The number of nitrogens with two attached hydrogens (primary N) is 1. The van der Waals surface area contributed by atoms with Crippen LogP contribution in [0.5, 0.6) is 0 Å². The number of nitrogen functional groups attached to an aromatic ring is 1. The van der Waals surface area contributed by atoms with Crippen molar-refractivity contribution in [2.24, 2.45) is 5.92 Å². The van der Waals surface area contributed by atoms with Crippen molar-refractivity contribution in [2.45, 2.75) is 20.3 Å². The quantitative estimate of drug-likeness (QED) is 0.914. The molecule has 1 aromatic heterocycles. The minimum absolute atomic E-state index is 0.310. The van der Waals surface area contributed by atoms with Gasteiger partial charge in [0.15, 0.2) is 0 Å². The summed E-state index contributed by atoms with van der Waals surface area (Å²) in [4.78, 5) is 10.2. The van der Waals surface area contributed by atoms with Gasteiger partial charge in [-0.15, -0.1) is 0 Å². The summed E-state index contributed by atoms with van der Waals surface area (Å²) >= 11 is 3.42. The van der Waals surface area contributed by atoms with E-state index in [-0.39, 0.29) is 0 Å². The molecule has 0 bridgehead atoms. The third kappa shape index (κ3) is 3.66. The summed E-state index contributed by atoms with van der Waals surface area (Å²) in [5.41, 5.74) is 5.55. The van der Waals surface area contributed by atoms with Crippen LogP contribution >= 0.6 is 15.9 Å². The Bertz CT molecular complexity index is 327. The first-order valence-electron chi connectivity index (χ1n) is 5.00. The molecule has 0 spiro atoms. The predicted octanol–water partition coefficient (Wildman–Crippen LogP) is 2.30. The van der Waals surface area contributed by atoms with Crippen molar-refractivity contribution in [2.75, 3.05) is 24.2 Å². The summed E-state index contributed by atoms with van der Waals surface area (Å²) in [5, 5.41) is 0. The number of aromatic nitrogens is 2. The average Bonchev–Trinajstić information content (AvgIpc) is 2.18. The molecule has 0 atom stereocenters. The molecule has 0 amide bonds. The zero-order valence-electron chi connectivity index (χ0n) is 9.37. The first-order valence-corrected chi connectivity index (χ1v) is 5.79. The molecule has 15 heavy (non-hydrogen) atoms. The number of rotatable bonds is 4. The molecule has 0 aliphatic rings. The number of hydrogen-bond donors (Lipinski definition) is 1. The van der Waals surface area contributed by atoms with Gasteiger partial charge in [-0.25, -0.2) is 4.98 Å². The molecule has 0 saturated heterocycles. The Morgan fingerprint density at radius 1 is 1.53 bits per heavy atom. The molecule has 0 saturated carbocycles. The molecule has 84 valence electrons. The van der Waals surface area contributed by atoms with E-state index >= 15 is 0 Å². The topological polar surface area (TPSA) is 55.0 Å². The molecular weight excluding hydrogens is 256 g/mol. The highest BCUT2D eigenvalue weighted by molar-refractivity contribution is 9.10. The average molecular weight is 273 g/mol. The molecule has 0 aliphatic carbocycles. The van der Waals surface area contributed by atoms with E-state index in [0.717, 1.165) is 23.3 Å². The summed E-state index contributed by atoms with van der Waals surface area (Å²) in [5.74, 6) is 1.85. The molecule has 0 aromatic carbocycles. The molecule has 1 rings (SSSR count). The van der Waals surface area contributed by atoms with E-state index in [1.54, 1.807) is 6.20 Å².